The van der Waals surface area contributed by atoms with Gasteiger partial charge in [-0.25, -0.2) is 8.42 Å². The number of sulfonamides is 1. The van der Waals surface area contributed by atoms with Gasteiger partial charge in [-0.05, 0) is 45.0 Å². The highest BCUT2D eigenvalue weighted by Crippen LogP contribution is 2.38. The first-order valence-electron chi connectivity index (χ1n) is 8.41. The minimum atomic E-state index is -3.69. The Kier molecular flexibility index (Phi) is 4.66. The summed E-state index contributed by atoms with van der Waals surface area (Å²) in [5.41, 5.74) is 0.375. The molecule has 0 aromatic heterocycles. The van der Waals surface area contributed by atoms with Crippen LogP contribution in [0.2, 0.25) is 0 Å². The fourth-order valence-corrected chi connectivity index (χ4v) is 3.91. The predicted octanol–water partition coefficient (Wildman–Crippen LogP) is 3.26. The third-order valence-corrected chi connectivity index (χ3v) is 5.68. The Balaban J connectivity index is 1.95. The minimum absolute atomic E-state index is 0.0173. The molecule has 138 valence electrons. The van der Waals surface area contributed by atoms with E-state index in [2.05, 4.69) is 4.72 Å². The van der Waals surface area contributed by atoms with Crippen molar-refractivity contribution >= 4 is 27.3 Å². The number of hydrogen-bond acceptors (Lipinski definition) is 4. The first-order valence-corrected chi connectivity index (χ1v) is 9.89. The van der Waals surface area contributed by atoms with Crippen molar-refractivity contribution in [3.63, 3.8) is 0 Å². The Morgan fingerprint density at radius 3 is 2.50 bits per heavy atom. The molecule has 1 heterocycles. The first kappa shape index (κ1) is 18.3. The van der Waals surface area contributed by atoms with Crippen molar-refractivity contribution in [3.05, 3.63) is 48.5 Å². The summed E-state index contributed by atoms with van der Waals surface area (Å²) in [6.07, 6.45) is 0. The van der Waals surface area contributed by atoms with Crippen molar-refractivity contribution in [2.24, 2.45) is 5.41 Å². The van der Waals surface area contributed by atoms with Gasteiger partial charge in [-0.2, -0.15) is 0 Å². The van der Waals surface area contributed by atoms with Gasteiger partial charge in [0.15, 0.2) is 0 Å². The molecule has 0 unspecified atom stereocenters. The van der Waals surface area contributed by atoms with E-state index in [1.54, 1.807) is 41.3 Å². The summed E-state index contributed by atoms with van der Waals surface area (Å²) in [6, 6.07) is 13.1. The number of carbonyl (C=O) groups excluding carboxylic acids is 1. The maximum absolute atomic E-state index is 12.7. The number of fused-ring (bicyclic) bond motifs is 1. The van der Waals surface area contributed by atoms with Gasteiger partial charge in [0.25, 0.3) is 10.0 Å². The van der Waals surface area contributed by atoms with E-state index >= 15 is 0 Å². The second kappa shape index (κ2) is 6.64. The standard InChI is InChI=1S/C19H22N2O4S/c1-4-21-16-11-10-14(12-17(16)25-13-19(2,3)18(21)22)20-26(23,24)15-8-6-5-7-9-15/h5-12,20H,4,13H2,1-3H3. The molecular weight excluding hydrogens is 352 g/mol. The van der Waals surface area contributed by atoms with Crippen molar-refractivity contribution in [2.45, 2.75) is 25.7 Å². The van der Waals surface area contributed by atoms with Gasteiger partial charge in [0.1, 0.15) is 12.4 Å². The molecule has 2 aromatic rings. The van der Waals surface area contributed by atoms with Crippen LogP contribution in [-0.2, 0) is 14.8 Å². The number of amides is 1. The van der Waals surface area contributed by atoms with Gasteiger partial charge in [0, 0.05) is 12.6 Å². The zero-order valence-electron chi connectivity index (χ0n) is 15.0. The van der Waals surface area contributed by atoms with E-state index in [9.17, 15) is 13.2 Å². The van der Waals surface area contributed by atoms with Crippen LogP contribution in [0.25, 0.3) is 0 Å². The molecule has 0 bridgehead atoms. The average molecular weight is 374 g/mol. The quantitative estimate of drug-likeness (QED) is 0.891. The van der Waals surface area contributed by atoms with Crippen LogP contribution in [0, 0.1) is 5.41 Å². The molecule has 0 spiro atoms. The number of ether oxygens (including phenoxy) is 1. The van der Waals surface area contributed by atoms with Crippen LogP contribution in [0.4, 0.5) is 11.4 Å². The van der Waals surface area contributed by atoms with E-state index in [-0.39, 0.29) is 17.4 Å². The normalized spacial score (nSPS) is 16.4. The second-order valence-electron chi connectivity index (χ2n) is 6.82. The lowest BCUT2D eigenvalue weighted by Crippen LogP contribution is -2.42. The Hall–Kier alpha value is -2.54. The summed E-state index contributed by atoms with van der Waals surface area (Å²) in [7, 11) is -3.69. The summed E-state index contributed by atoms with van der Waals surface area (Å²) in [5.74, 6) is 0.468. The van der Waals surface area contributed by atoms with Crippen molar-refractivity contribution in [1.82, 2.24) is 0 Å². The third-order valence-electron chi connectivity index (χ3n) is 4.29. The van der Waals surface area contributed by atoms with E-state index in [1.165, 1.54) is 12.1 Å². The highest BCUT2D eigenvalue weighted by atomic mass is 32.2. The van der Waals surface area contributed by atoms with Crippen LogP contribution in [0.3, 0.4) is 0 Å². The largest absolute Gasteiger partial charge is 0.490 e. The SMILES string of the molecule is CCN1C(=O)C(C)(C)COc2cc(NS(=O)(=O)c3ccccc3)ccc21. The lowest BCUT2D eigenvalue weighted by molar-refractivity contribution is -0.127. The van der Waals surface area contributed by atoms with E-state index in [4.69, 9.17) is 4.74 Å². The van der Waals surface area contributed by atoms with Crippen LogP contribution in [0.5, 0.6) is 5.75 Å². The summed E-state index contributed by atoms with van der Waals surface area (Å²) in [4.78, 5) is 14.5. The molecule has 0 fully saturated rings. The molecule has 6 nitrogen and oxygen atoms in total. The van der Waals surface area contributed by atoms with Crippen LogP contribution in [0.1, 0.15) is 20.8 Å². The summed E-state index contributed by atoms with van der Waals surface area (Å²) in [6.45, 7) is 6.30. The number of benzene rings is 2. The number of nitrogens with one attached hydrogen (secondary N) is 1. The van der Waals surface area contributed by atoms with Gasteiger partial charge < -0.3 is 9.64 Å². The highest BCUT2D eigenvalue weighted by Gasteiger charge is 2.37. The Morgan fingerprint density at radius 1 is 1.15 bits per heavy atom. The van der Waals surface area contributed by atoms with Gasteiger partial charge >= 0.3 is 0 Å². The molecule has 0 aliphatic carbocycles. The second-order valence-corrected chi connectivity index (χ2v) is 8.51. The molecule has 0 saturated carbocycles. The molecule has 3 rings (SSSR count). The zero-order valence-corrected chi connectivity index (χ0v) is 15.8. The summed E-state index contributed by atoms with van der Waals surface area (Å²) in [5, 5.41) is 0. The molecule has 0 atom stereocenters. The Labute approximate surface area is 153 Å². The van der Waals surface area contributed by atoms with Crippen LogP contribution >= 0.6 is 0 Å². The molecule has 26 heavy (non-hydrogen) atoms. The highest BCUT2D eigenvalue weighted by molar-refractivity contribution is 7.92. The molecule has 0 saturated heterocycles. The average Bonchev–Trinajstić information content (AvgIpc) is 2.71. The van der Waals surface area contributed by atoms with Crippen molar-refractivity contribution in [2.75, 3.05) is 22.8 Å². The number of nitrogens with zero attached hydrogens (tertiary/aromatic N) is 1. The molecule has 7 heteroatoms. The smallest absolute Gasteiger partial charge is 0.261 e. The van der Waals surface area contributed by atoms with Gasteiger partial charge in [-0.1, -0.05) is 18.2 Å². The molecule has 1 N–H and O–H groups in total. The molecule has 2 aromatic carbocycles. The fraction of sp³-hybridized carbons (Fsp3) is 0.316. The predicted molar refractivity (Wildman–Crippen MR) is 101 cm³/mol. The summed E-state index contributed by atoms with van der Waals surface area (Å²) < 4.78 is 33.4. The van der Waals surface area contributed by atoms with E-state index in [0.717, 1.165) is 0 Å². The van der Waals surface area contributed by atoms with E-state index in [0.29, 0.717) is 23.7 Å². The molecule has 1 amide bonds. The lowest BCUT2D eigenvalue weighted by Gasteiger charge is -2.26. The molecule has 1 aliphatic heterocycles. The lowest BCUT2D eigenvalue weighted by atomic mass is 9.93. The maximum atomic E-state index is 12.7. The van der Waals surface area contributed by atoms with E-state index < -0.39 is 15.4 Å². The Bertz CT molecular complexity index is 924. The van der Waals surface area contributed by atoms with Crippen LogP contribution in [-0.4, -0.2) is 27.5 Å². The monoisotopic (exact) mass is 374 g/mol. The fourth-order valence-electron chi connectivity index (χ4n) is 2.84. The van der Waals surface area contributed by atoms with Gasteiger partial charge in [0.05, 0.1) is 21.7 Å². The van der Waals surface area contributed by atoms with Gasteiger partial charge in [-0.3, -0.25) is 9.52 Å². The zero-order chi connectivity index (χ0) is 18.9. The Morgan fingerprint density at radius 2 is 1.85 bits per heavy atom. The molecule has 1 aliphatic rings. The first-order chi connectivity index (χ1) is 12.2. The minimum Gasteiger partial charge on any atom is -0.490 e. The number of hydrogen-bond donors (Lipinski definition) is 1. The van der Waals surface area contributed by atoms with Crippen molar-refractivity contribution in [3.8, 4) is 5.75 Å². The summed E-state index contributed by atoms with van der Waals surface area (Å²) >= 11 is 0. The van der Waals surface area contributed by atoms with Crippen LogP contribution < -0.4 is 14.4 Å². The van der Waals surface area contributed by atoms with Crippen molar-refractivity contribution < 1.29 is 17.9 Å². The molecular formula is C19H22N2O4S. The third kappa shape index (κ3) is 3.39. The van der Waals surface area contributed by atoms with E-state index in [1.807, 2.05) is 20.8 Å². The van der Waals surface area contributed by atoms with Crippen LogP contribution in [0.15, 0.2) is 53.4 Å². The number of rotatable bonds is 4. The number of anilines is 2. The topological polar surface area (TPSA) is 75.7 Å². The van der Waals surface area contributed by atoms with Crippen molar-refractivity contribution in [1.29, 1.82) is 0 Å². The molecule has 0 radical (unpaired) electrons. The number of carbonyl (C=O) groups is 1. The van der Waals surface area contributed by atoms with Gasteiger partial charge in [0.2, 0.25) is 5.91 Å². The van der Waals surface area contributed by atoms with Gasteiger partial charge in [-0.15, -0.1) is 0 Å². The maximum Gasteiger partial charge on any atom is 0.261 e.